The van der Waals surface area contributed by atoms with Crippen molar-refractivity contribution < 1.29 is 9.47 Å². The van der Waals surface area contributed by atoms with Crippen LogP contribution < -0.4 is 9.47 Å². The molecule has 2 heteroatoms. The first-order chi connectivity index (χ1) is 6.77. The van der Waals surface area contributed by atoms with E-state index < -0.39 is 0 Å². The van der Waals surface area contributed by atoms with Crippen molar-refractivity contribution >= 4 is 5.57 Å². The van der Waals surface area contributed by atoms with Crippen molar-refractivity contribution in [1.29, 1.82) is 0 Å². The summed E-state index contributed by atoms with van der Waals surface area (Å²) in [6.45, 7) is 4.03. The lowest BCUT2D eigenvalue weighted by Gasteiger charge is -2.11. The molecule has 0 heterocycles. The van der Waals surface area contributed by atoms with Crippen LogP contribution in [0.4, 0.5) is 0 Å². The van der Waals surface area contributed by atoms with Gasteiger partial charge in [-0.05, 0) is 30.0 Å². The first-order valence-electron chi connectivity index (χ1n) is 4.70. The van der Waals surface area contributed by atoms with Crippen LogP contribution in [-0.4, -0.2) is 14.2 Å². The van der Waals surface area contributed by atoms with Crippen molar-refractivity contribution in [3.05, 3.63) is 29.8 Å². The summed E-state index contributed by atoms with van der Waals surface area (Å²) in [6, 6.07) is 4.00. The number of methoxy groups -OCH3 is 2. The highest BCUT2D eigenvalue weighted by molar-refractivity contribution is 5.74. The lowest BCUT2D eigenvalue weighted by Crippen LogP contribution is -1.95. The number of benzene rings is 1. The Morgan fingerprint density at radius 1 is 1.14 bits per heavy atom. The molecule has 0 atom stereocenters. The Balaban J connectivity index is 2.59. The lowest BCUT2D eigenvalue weighted by atomic mass is 10.1. The second kappa shape index (κ2) is 3.37. The minimum atomic E-state index is 0.806. The zero-order valence-corrected chi connectivity index (χ0v) is 8.59. The zero-order chi connectivity index (χ0) is 10.1. The van der Waals surface area contributed by atoms with Gasteiger partial charge in [0.05, 0.1) is 14.2 Å². The van der Waals surface area contributed by atoms with Crippen LogP contribution >= 0.6 is 0 Å². The SMILES string of the molecule is C=C1CCc2c1ccc(OC)c2OC. The normalized spacial score (nSPS) is 14.0. The summed E-state index contributed by atoms with van der Waals surface area (Å²) in [5.74, 6) is 1.67. The molecule has 0 bridgehead atoms. The summed E-state index contributed by atoms with van der Waals surface area (Å²) in [7, 11) is 3.34. The summed E-state index contributed by atoms with van der Waals surface area (Å²) >= 11 is 0. The fourth-order valence-electron chi connectivity index (χ4n) is 1.98. The van der Waals surface area contributed by atoms with E-state index in [-0.39, 0.29) is 0 Å². The minimum Gasteiger partial charge on any atom is -0.493 e. The number of allylic oxidation sites excluding steroid dienone is 1. The molecule has 1 aliphatic carbocycles. The quantitative estimate of drug-likeness (QED) is 0.713. The Bertz CT molecular complexity index is 380. The fraction of sp³-hybridized carbons (Fsp3) is 0.333. The highest BCUT2D eigenvalue weighted by Crippen LogP contribution is 2.41. The van der Waals surface area contributed by atoms with E-state index in [1.165, 1.54) is 16.7 Å². The molecular weight excluding hydrogens is 176 g/mol. The molecule has 1 aliphatic rings. The van der Waals surface area contributed by atoms with Gasteiger partial charge >= 0.3 is 0 Å². The van der Waals surface area contributed by atoms with Crippen molar-refractivity contribution in [1.82, 2.24) is 0 Å². The van der Waals surface area contributed by atoms with Crippen molar-refractivity contribution in [3.63, 3.8) is 0 Å². The van der Waals surface area contributed by atoms with E-state index >= 15 is 0 Å². The van der Waals surface area contributed by atoms with Crippen LogP contribution in [-0.2, 0) is 6.42 Å². The average Bonchev–Trinajstić information content (AvgIpc) is 2.59. The Kier molecular flexibility index (Phi) is 2.20. The highest BCUT2D eigenvalue weighted by Gasteiger charge is 2.21. The number of fused-ring (bicyclic) bond motifs is 1. The maximum atomic E-state index is 5.36. The maximum Gasteiger partial charge on any atom is 0.164 e. The standard InChI is InChI=1S/C12H14O2/c1-8-4-5-10-9(8)6-7-11(13-2)12(10)14-3/h6-7H,1,4-5H2,2-3H3. The summed E-state index contributed by atoms with van der Waals surface area (Å²) in [5, 5.41) is 0. The predicted molar refractivity (Wildman–Crippen MR) is 56.9 cm³/mol. The Labute approximate surface area is 84.2 Å². The highest BCUT2D eigenvalue weighted by atomic mass is 16.5. The molecule has 0 saturated carbocycles. The smallest absolute Gasteiger partial charge is 0.164 e. The first kappa shape index (κ1) is 9.13. The van der Waals surface area contributed by atoms with E-state index in [4.69, 9.17) is 9.47 Å². The number of hydrogen-bond donors (Lipinski definition) is 0. The summed E-state index contributed by atoms with van der Waals surface area (Å²) < 4.78 is 10.6. The monoisotopic (exact) mass is 190 g/mol. The second-order valence-corrected chi connectivity index (χ2v) is 3.43. The molecule has 0 aromatic heterocycles. The Morgan fingerprint density at radius 2 is 1.93 bits per heavy atom. The summed E-state index contributed by atoms with van der Waals surface area (Å²) in [4.78, 5) is 0. The van der Waals surface area contributed by atoms with Gasteiger partial charge in [0.1, 0.15) is 0 Å². The van der Waals surface area contributed by atoms with Gasteiger partial charge in [-0.3, -0.25) is 0 Å². The van der Waals surface area contributed by atoms with Crippen molar-refractivity contribution in [2.45, 2.75) is 12.8 Å². The number of hydrogen-bond acceptors (Lipinski definition) is 2. The van der Waals surface area contributed by atoms with E-state index in [2.05, 4.69) is 12.6 Å². The van der Waals surface area contributed by atoms with Crippen LogP contribution in [0.1, 0.15) is 17.5 Å². The Morgan fingerprint density at radius 3 is 2.57 bits per heavy atom. The molecule has 2 nitrogen and oxygen atoms in total. The number of ether oxygens (including phenoxy) is 2. The largest absolute Gasteiger partial charge is 0.493 e. The topological polar surface area (TPSA) is 18.5 Å². The van der Waals surface area contributed by atoms with Crippen LogP contribution in [0.2, 0.25) is 0 Å². The molecule has 0 fully saturated rings. The van der Waals surface area contributed by atoms with Crippen molar-refractivity contribution in [3.8, 4) is 11.5 Å². The molecule has 0 unspecified atom stereocenters. The van der Waals surface area contributed by atoms with Crippen LogP contribution in [0, 0.1) is 0 Å². The van der Waals surface area contributed by atoms with E-state index in [9.17, 15) is 0 Å². The molecule has 0 aliphatic heterocycles. The van der Waals surface area contributed by atoms with Gasteiger partial charge in [0, 0.05) is 5.56 Å². The van der Waals surface area contributed by atoms with Gasteiger partial charge < -0.3 is 9.47 Å². The van der Waals surface area contributed by atoms with Gasteiger partial charge in [-0.15, -0.1) is 0 Å². The van der Waals surface area contributed by atoms with Crippen LogP contribution in [0.25, 0.3) is 5.57 Å². The van der Waals surface area contributed by atoms with Gasteiger partial charge in [0.15, 0.2) is 11.5 Å². The molecule has 0 spiro atoms. The van der Waals surface area contributed by atoms with Crippen LogP contribution in [0.3, 0.4) is 0 Å². The van der Waals surface area contributed by atoms with Crippen LogP contribution in [0.5, 0.6) is 11.5 Å². The molecule has 1 aromatic rings. The zero-order valence-electron chi connectivity index (χ0n) is 8.59. The molecular formula is C12H14O2. The van der Waals surface area contributed by atoms with Crippen LogP contribution in [0.15, 0.2) is 18.7 Å². The molecule has 14 heavy (non-hydrogen) atoms. The molecule has 0 radical (unpaired) electrons. The molecule has 0 N–H and O–H groups in total. The molecule has 1 aromatic carbocycles. The van der Waals surface area contributed by atoms with Gasteiger partial charge in [-0.25, -0.2) is 0 Å². The van der Waals surface area contributed by atoms with E-state index in [0.717, 1.165) is 24.3 Å². The Hall–Kier alpha value is -1.44. The minimum absolute atomic E-state index is 0.806. The molecule has 74 valence electrons. The van der Waals surface area contributed by atoms with E-state index in [1.807, 2.05) is 6.07 Å². The third-order valence-corrected chi connectivity index (χ3v) is 2.71. The average molecular weight is 190 g/mol. The van der Waals surface area contributed by atoms with Gasteiger partial charge in [0.25, 0.3) is 0 Å². The van der Waals surface area contributed by atoms with Crippen molar-refractivity contribution in [2.24, 2.45) is 0 Å². The lowest BCUT2D eigenvalue weighted by molar-refractivity contribution is 0.352. The van der Waals surface area contributed by atoms with Crippen molar-refractivity contribution in [2.75, 3.05) is 14.2 Å². The van der Waals surface area contributed by atoms with E-state index in [0.29, 0.717) is 0 Å². The second-order valence-electron chi connectivity index (χ2n) is 3.43. The first-order valence-corrected chi connectivity index (χ1v) is 4.70. The molecule has 0 saturated heterocycles. The molecule has 2 rings (SSSR count). The third kappa shape index (κ3) is 1.18. The van der Waals surface area contributed by atoms with Gasteiger partial charge in [-0.2, -0.15) is 0 Å². The molecule has 0 amide bonds. The fourth-order valence-corrected chi connectivity index (χ4v) is 1.98. The maximum absolute atomic E-state index is 5.36. The number of rotatable bonds is 2. The summed E-state index contributed by atoms with van der Waals surface area (Å²) in [5.41, 5.74) is 3.65. The third-order valence-electron chi connectivity index (χ3n) is 2.71. The van der Waals surface area contributed by atoms with E-state index in [1.54, 1.807) is 14.2 Å². The summed E-state index contributed by atoms with van der Waals surface area (Å²) in [6.07, 6.45) is 2.04. The van der Waals surface area contributed by atoms with Gasteiger partial charge in [0.2, 0.25) is 0 Å². The predicted octanol–water partition coefficient (Wildman–Crippen LogP) is 2.66. The van der Waals surface area contributed by atoms with Gasteiger partial charge in [-0.1, -0.05) is 12.6 Å².